The SMILES string of the molecule is NC1(CO)CCC(c2nc3c(-c4ccc(-c5ccccc5)nc4)cnn3c(N(SF)SF)c2Br)CC1. The van der Waals surface area contributed by atoms with Gasteiger partial charge in [0.2, 0.25) is 0 Å². The number of nitrogens with two attached hydrogens (primary N) is 1. The first-order chi connectivity index (χ1) is 17.5. The first kappa shape index (κ1) is 25.4. The van der Waals surface area contributed by atoms with Crippen molar-refractivity contribution in [3.8, 4) is 22.4 Å². The van der Waals surface area contributed by atoms with Crippen LogP contribution in [0.5, 0.6) is 0 Å². The van der Waals surface area contributed by atoms with Gasteiger partial charge in [0.1, 0.15) is 0 Å². The largest absolute Gasteiger partial charge is 0.394 e. The quantitative estimate of drug-likeness (QED) is 0.237. The molecule has 0 saturated heterocycles. The maximum Gasteiger partial charge on any atom is 0.180 e. The Kier molecular flexibility index (Phi) is 7.49. The molecule has 36 heavy (non-hydrogen) atoms. The zero-order valence-corrected chi connectivity index (χ0v) is 22.2. The molecule has 3 aromatic heterocycles. The molecule has 0 atom stereocenters. The van der Waals surface area contributed by atoms with Gasteiger partial charge in [0.15, 0.2) is 36.1 Å². The minimum absolute atomic E-state index is 0.00348. The second-order valence-corrected chi connectivity index (χ2v) is 10.9. The number of pyridine rings is 1. The summed E-state index contributed by atoms with van der Waals surface area (Å²) in [4.78, 5) is 9.54. The first-order valence-corrected chi connectivity index (χ1v) is 13.5. The Hall–Kier alpha value is -2.25. The van der Waals surface area contributed by atoms with Crippen molar-refractivity contribution in [3.63, 3.8) is 0 Å². The van der Waals surface area contributed by atoms with Crippen LogP contribution < -0.4 is 9.44 Å². The average Bonchev–Trinajstić information content (AvgIpc) is 3.35. The minimum atomic E-state index is -0.612. The highest BCUT2D eigenvalue weighted by molar-refractivity contribution is 9.10. The second kappa shape index (κ2) is 10.6. The normalized spacial score (nSPS) is 20.1. The highest BCUT2D eigenvalue weighted by atomic mass is 79.9. The molecular weight excluding hydrogens is 570 g/mol. The molecule has 0 radical (unpaired) electrons. The van der Waals surface area contributed by atoms with E-state index in [1.54, 1.807) is 12.4 Å². The number of benzene rings is 1. The van der Waals surface area contributed by atoms with Crippen LogP contribution in [0.2, 0.25) is 0 Å². The monoisotopic (exact) mass is 592 g/mol. The predicted molar refractivity (Wildman–Crippen MR) is 144 cm³/mol. The average molecular weight is 594 g/mol. The van der Waals surface area contributed by atoms with Gasteiger partial charge in [-0.2, -0.15) is 13.3 Å². The zero-order chi connectivity index (χ0) is 25.3. The van der Waals surface area contributed by atoms with Gasteiger partial charge in [-0.25, -0.2) is 4.98 Å². The lowest BCUT2D eigenvalue weighted by Gasteiger charge is -2.36. The first-order valence-electron chi connectivity index (χ1n) is 11.3. The minimum Gasteiger partial charge on any atom is -0.394 e. The van der Waals surface area contributed by atoms with Gasteiger partial charge in [-0.15, -0.1) is 7.77 Å². The molecule has 0 unspecified atom stereocenters. The molecule has 1 aromatic carbocycles. The molecule has 1 fully saturated rings. The predicted octanol–water partition coefficient (Wildman–Crippen LogP) is 6.44. The van der Waals surface area contributed by atoms with Gasteiger partial charge in [0.05, 0.1) is 28.7 Å². The fourth-order valence-corrected chi connectivity index (χ4v) is 6.19. The van der Waals surface area contributed by atoms with Crippen LogP contribution in [0.4, 0.5) is 13.6 Å². The number of aromatic nitrogens is 4. The number of fused-ring (bicyclic) bond motifs is 1. The molecule has 0 spiro atoms. The van der Waals surface area contributed by atoms with Crippen LogP contribution in [-0.2, 0) is 0 Å². The van der Waals surface area contributed by atoms with E-state index in [4.69, 9.17) is 10.7 Å². The zero-order valence-electron chi connectivity index (χ0n) is 19.0. The Labute approximate surface area is 224 Å². The van der Waals surface area contributed by atoms with E-state index in [2.05, 4.69) is 26.0 Å². The Balaban J connectivity index is 1.60. The Morgan fingerprint density at radius 1 is 1.08 bits per heavy atom. The molecule has 1 aliphatic rings. The molecule has 4 aromatic rings. The molecule has 7 nitrogen and oxygen atoms in total. The van der Waals surface area contributed by atoms with Crippen molar-refractivity contribution in [2.24, 2.45) is 5.73 Å². The standard InChI is InChI=1S/C24H23BrF2N6OS2/c25-20-21(16-8-10-24(28,14-34)11-9-16)31-22-18(13-30-32(22)23(20)33(35-26)36-27)17-6-7-19(29-12-17)15-4-2-1-3-5-15/h1-7,12-13,16,34H,8-11,14,28H2. The summed E-state index contributed by atoms with van der Waals surface area (Å²) in [5.74, 6) is 0.200. The van der Waals surface area contributed by atoms with Gasteiger partial charge in [-0.1, -0.05) is 36.4 Å². The Bertz CT molecular complexity index is 1350. The summed E-state index contributed by atoms with van der Waals surface area (Å²) in [5, 5.41) is 14.1. The second-order valence-electron chi connectivity index (χ2n) is 8.92. The van der Waals surface area contributed by atoms with E-state index in [-0.39, 0.29) is 43.0 Å². The lowest BCUT2D eigenvalue weighted by molar-refractivity contribution is 0.149. The highest BCUT2D eigenvalue weighted by Crippen LogP contribution is 2.45. The molecule has 1 aliphatic carbocycles. The summed E-state index contributed by atoms with van der Waals surface area (Å²) < 4.78 is 30.2. The van der Waals surface area contributed by atoms with E-state index in [0.29, 0.717) is 47.1 Å². The van der Waals surface area contributed by atoms with Crippen LogP contribution in [0.25, 0.3) is 28.0 Å². The van der Waals surface area contributed by atoms with Gasteiger partial charge in [-0.05, 0) is 47.7 Å². The van der Waals surface area contributed by atoms with Crippen LogP contribution in [0.3, 0.4) is 0 Å². The van der Waals surface area contributed by atoms with Gasteiger partial charge < -0.3 is 10.8 Å². The number of hydrogen-bond donors (Lipinski definition) is 2. The molecule has 0 amide bonds. The summed E-state index contributed by atoms with van der Waals surface area (Å²) in [5.41, 5.74) is 10.1. The summed E-state index contributed by atoms with van der Waals surface area (Å²) in [7, 11) is 0. The van der Waals surface area contributed by atoms with Crippen LogP contribution in [0.15, 0.2) is 59.3 Å². The van der Waals surface area contributed by atoms with Crippen molar-refractivity contribution in [1.82, 2.24) is 19.6 Å². The van der Waals surface area contributed by atoms with Gasteiger partial charge >= 0.3 is 0 Å². The number of rotatable bonds is 7. The summed E-state index contributed by atoms with van der Waals surface area (Å²) >= 11 is 3.05. The van der Waals surface area contributed by atoms with Crippen molar-refractivity contribution in [2.45, 2.75) is 37.1 Å². The number of aliphatic hydroxyl groups excluding tert-OH is 1. The summed E-state index contributed by atoms with van der Waals surface area (Å²) in [6.45, 7) is -0.0812. The highest BCUT2D eigenvalue weighted by Gasteiger charge is 2.35. The maximum absolute atomic E-state index is 13.8. The van der Waals surface area contributed by atoms with E-state index >= 15 is 0 Å². The van der Waals surface area contributed by atoms with Gasteiger partial charge in [0.25, 0.3) is 0 Å². The summed E-state index contributed by atoms with van der Waals surface area (Å²) in [6, 6.07) is 13.7. The molecule has 12 heteroatoms. The van der Waals surface area contributed by atoms with Crippen molar-refractivity contribution < 1.29 is 12.9 Å². The fourth-order valence-electron chi connectivity index (χ4n) is 4.64. The van der Waals surface area contributed by atoms with Gasteiger partial charge in [0, 0.05) is 34.3 Å². The third kappa shape index (κ3) is 4.72. The van der Waals surface area contributed by atoms with Crippen molar-refractivity contribution in [2.75, 3.05) is 10.3 Å². The topological polar surface area (TPSA) is 92.6 Å². The van der Waals surface area contributed by atoms with Gasteiger partial charge in [-0.3, -0.25) is 4.98 Å². The van der Waals surface area contributed by atoms with E-state index in [0.717, 1.165) is 20.5 Å². The molecule has 1 saturated carbocycles. The Morgan fingerprint density at radius 2 is 1.81 bits per heavy atom. The van der Waals surface area contributed by atoms with E-state index in [1.165, 1.54) is 4.52 Å². The van der Waals surface area contributed by atoms with Crippen LogP contribution in [0, 0.1) is 0 Å². The molecule has 5 rings (SSSR count). The fraction of sp³-hybridized carbons (Fsp3) is 0.292. The number of nitrogens with zero attached hydrogens (tertiary/aromatic N) is 5. The molecule has 0 bridgehead atoms. The van der Waals surface area contributed by atoms with Crippen molar-refractivity contribution >= 4 is 52.1 Å². The Morgan fingerprint density at radius 3 is 2.42 bits per heavy atom. The molecule has 3 heterocycles. The maximum atomic E-state index is 13.8. The van der Waals surface area contributed by atoms with Crippen LogP contribution in [-0.4, -0.2) is 36.8 Å². The van der Waals surface area contributed by atoms with Crippen LogP contribution >= 0.6 is 40.6 Å². The van der Waals surface area contributed by atoms with Crippen LogP contribution in [0.1, 0.15) is 37.3 Å². The number of aliphatic hydroxyl groups is 1. The van der Waals surface area contributed by atoms with Crippen molar-refractivity contribution in [3.05, 3.63) is 65.0 Å². The van der Waals surface area contributed by atoms with E-state index < -0.39 is 5.54 Å². The lowest BCUT2D eigenvalue weighted by atomic mass is 9.76. The molecule has 0 aliphatic heterocycles. The summed E-state index contributed by atoms with van der Waals surface area (Å²) in [6.07, 6.45) is 6.01. The van der Waals surface area contributed by atoms with E-state index in [9.17, 15) is 12.9 Å². The third-order valence-corrected chi connectivity index (χ3v) is 8.41. The smallest absolute Gasteiger partial charge is 0.180 e. The lowest BCUT2D eigenvalue weighted by Crippen LogP contribution is -2.46. The number of hydrogen-bond acceptors (Lipinski definition) is 8. The molecule has 3 N–H and O–H groups in total. The molecule has 188 valence electrons. The van der Waals surface area contributed by atoms with E-state index in [1.807, 2.05) is 42.5 Å². The molecular formula is C24H23BrF2N6OS2. The van der Waals surface area contributed by atoms with Crippen molar-refractivity contribution in [1.29, 1.82) is 0 Å². The number of anilines is 1. The number of halogens is 3. The third-order valence-electron chi connectivity index (χ3n) is 6.72.